The van der Waals surface area contributed by atoms with E-state index in [-0.39, 0.29) is 17.2 Å². The van der Waals surface area contributed by atoms with Crippen molar-refractivity contribution in [2.45, 2.75) is 38.1 Å². The van der Waals surface area contributed by atoms with Crippen LogP contribution in [0.5, 0.6) is 0 Å². The molecule has 3 rings (SSSR count). The summed E-state index contributed by atoms with van der Waals surface area (Å²) in [6, 6.07) is 0. The van der Waals surface area contributed by atoms with Crippen LogP contribution in [-0.2, 0) is 9.59 Å². The number of hydrogen-bond acceptors (Lipinski definition) is 3. The molecule has 0 aromatic heterocycles. The first-order valence-electron chi connectivity index (χ1n) is 6.39. The average molecular weight is 237 g/mol. The smallest absolute Gasteiger partial charge is 0.241 e. The lowest BCUT2D eigenvalue weighted by molar-refractivity contribution is -0.140. The van der Waals surface area contributed by atoms with E-state index in [1.165, 1.54) is 0 Å². The molecule has 3 fully saturated rings. The van der Waals surface area contributed by atoms with Gasteiger partial charge in [0.25, 0.3) is 0 Å². The van der Waals surface area contributed by atoms with Crippen LogP contribution in [0.3, 0.4) is 0 Å². The SMILES string of the molecule is CC1(C(=O)N2CCC3(CC2)NCNC3=O)CC1. The third kappa shape index (κ3) is 1.64. The highest BCUT2D eigenvalue weighted by Crippen LogP contribution is 2.47. The molecule has 0 unspecified atom stereocenters. The van der Waals surface area contributed by atoms with Crippen LogP contribution in [0.15, 0.2) is 0 Å². The molecule has 1 spiro atoms. The Morgan fingerprint density at radius 1 is 1.24 bits per heavy atom. The largest absolute Gasteiger partial charge is 0.342 e. The standard InChI is InChI=1S/C12H19N3O2/c1-11(2-3-11)10(17)15-6-4-12(5-7-15)9(16)13-8-14-12/h14H,2-8H2,1H3,(H,13,16). The van der Waals surface area contributed by atoms with Crippen molar-refractivity contribution >= 4 is 11.8 Å². The summed E-state index contributed by atoms with van der Waals surface area (Å²) in [5.74, 6) is 0.382. The van der Waals surface area contributed by atoms with Gasteiger partial charge in [-0.2, -0.15) is 0 Å². The van der Waals surface area contributed by atoms with Crippen molar-refractivity contribution in [3.05, 3.63) is 0 Å². The minimum Gasteiger partial charge on any atom is -0.342 e. The highest BCUT2D eigenvalue weighted by atomic mass is 16.2. The van der Waals surface area contributed by atoms with Gasteiger partial charge in [0, 0.05) is 18.5 Å². The monoisotopic (exact) mass is 237 g/mol. The molecule has 2 heterocycles. The van der Waals surface area contributed by atoms with Crippen LogP contribution >= 0.6 is 0 Å². The zero-order chi connectivity index (χ0) is 12.1. The molecule has 3 aliphatic rings. The molecule has 2 aliphatic heterocycles. The second-order valence-corrected chi connectivity index (χ2v) is 5.79. The fourth-order valence-electron chi connectivity index (χ4n) is 2.82. The molecular weight excluding hydrogens is 218 g/mol. The van der Waals surface area contributed by atoms with Crippen LogP contribution < -0.4 is 10.6 Å². The normalized spacial score (nSPS) is 29.2. The van der Waals surface area contributed by atoms with Gasteiger partial charge in [-0.05, 0) is 25.7 Å². The highest BCUT2D eigenvalue weighted by Gasteiger charge is 2.50. The Morgan fingerprint density at radius 2 is 1.88 bits per heavy atom. The van der Waals surface area contributed by atoms with E-state index in [1.807, 2.05) is 11.8 Å². The van der Waals surface area contributed by atoms with Gasteiger partial charge in [0.1, 0.15) is 5.54 Å². The lowest BCUT2D eigenvalue weighted by Crippen LogP contribution is -2.56. The number of nitrogens with one attached hydrogen (secondary N) is 2. The van der Waals surface area contributed by atoms with E-state index < -0.39 is 5.54 Å². The molecule has 0 bridgehead atoms. The van der Waals surface area contributed by atoms with Crippen LogP contribution in [0.1, 0.15) is 32.6 Å². The van der Waals surface area contributed by atoms with E-state index in [0.717, 1.165) is 25.7 Å². The molecule has 2 N–H and O–H groups in total. The summed E-state index contributed by atoms with van der Waals surface area (Å²) in [7, 11) is 0. The quantitative estimate of drug-likeness (QED) is 0.665. The van der Waals surface area contributed by atoms with Gasteiger partial charge in [0.2, 0.25) is 11.8 Å². The van der Waals surface area contributed by atoms with Crippen molar-refractivity contribution in [2.24, 2.45) is 5.41 Å². The summed E-state index contributed by atoms with van der Waals surface area (Å²) in [5, 5.41) is 6.05. The van der Waals surface area contributed by atoms with Gasteiger partial charge < -0.3 is 10.2 Å². The molecule has 1 saturated carbocycles. The first kappa shape index (κ1) is 11.0. The minimum absolute atomic E-state index is 0.0874. The molecule has 1 aliphatic carbocycles. The number of hydrogen-bond donors (Lipinski definition) is 2. The van der Waals surface area contributed by atoms with Crippen LogP contribution in [-0.4, -0.2) is 42.0 Å². The Hall–Kier alpha value is -1.10. The van der Waals surface area contributed by atoms with Crippen molar-refractivity contribution in [2.75, 3.05) is 19.8 Å². The van der Waals surface area contributed by atoms with Crippen molar-refractivity contribution in [1.29, 1.82) is 0 Å². The zero-order valence-corrected chi connectivity index (χ0v) is 10.2. The number of carbonyl (C=O) groups is 2. The van der Waals surface area contributed by atoms with Crippen LogP contribution in [0.2, 0.25) is 0 Å². The lowest BCUT2D eigenvalue weighted by Gasteiger charge is -2.38. The average Bonchev–Trinajstić information content (AvgIpc) is 2.99. The first-order valence-corrected chi connectivity index (χ1v) is 6.39. The minimum atomic E-state index is -0.402. The van der Waals surface area contributed by atoms with E-state index in [1.54, 1.807) is 0 Å². The lowest BCUT2D eigenvalue weighted by atomic mass is 9.87. The Labute approximate surface area is 101 Å². The summed E-state index contributed by atoms with van der Waals surface area (Å²) < 4.78 is 0. The van der Waals surface area contributed by atoms with Crippen molar-refractivity contribution in [3.8, 4) is 0 Å². The van der Waals surface area contributed by atoms with Gasteiger partial charge in [-0.25, -0.2) is 0 Å². The molecule has 0 aromatic rings. The molecule has 17 heavy (non-hydrogen) atoms. The molecule has 0 radical (unpaired) electrons. The molecule has 2 saturated heterocycles. The summed E-state index contributed by atoms with van der Waals surface area (Å²) in [4.78, 5) is 25.9. The van der Waals surface area contributed by atoms with Gasteiger partial charge in [0.15, 0.2) is 0 Å². The van der Waals surface area contributed by atoms with Crippen LogP contribution in [0, 0.1) is 5.41 Å². The van der Waals surface area contributed by atoms with Crippen molar-refractivity contribution in [3.63, 3.8) is 0 Å². The first-order chi connectivity index (χ1) is 8.06. The number of amides is 2. The topological polar surface area (TPSA) is 61.4 Å². The third-order valence-corrected chi connectivity index (χ3v) is 4.53. The Bertz CT molecular complexity index is 368. The van der Waals surface area contributed by atoms with E-state index in [2.05, 4.69) is 10.6 Å². The number of nitrogens with zero attached hydrogens (tertiary/aromatic N) is 1. The summed E-state index contributed by atoms with van der Waals surface area (Å²) in [6.45, 7) is 4.01. The maximum atomic E-state index is 12.2. The summed E-state index contributed by atoms with van der Waals surface area (Å²) in [6.07, 6.45) is 3.51. The molecule has 5 heteroatoms. The molecular formula is C12H19N3O2. The number of likely N-dealkylation sites (tertiary alicyclic amines) is 1. The van der Waals surface area contributed by atoms with Gasteiger partial charge in [0.05, 0.1) is 6.67 Å². The molecule has 94 valence electrons. The summed E-state index contributed by atoms with van der Waals surface area (Å²) >= 11 is 0. The molecule has 0 aromatic carbocycles. The van der Waals surface area contributed by atoms with Crippen LogP contribution in [0.25, 0.3) is 0 Å². The number of piperidine rings is 1. The fourth-order valence-corrected chi connectivity index (χ4v) is 2.82. The van der Waals surface area contributed by atoms with E-state index in [0.29, 0.717) is 19.8 Å². The highest BCUT2D eigenvalue weighted by molar-refractivity contribution is 5.89. The maximum Gasteiger partial charge on any atom is 0.241 e. The molecule has 2 amide bonds. The van der Waals surface area contributed by atoms with Crippen molar-refractivity contribution < 1.29 is 9.59 Å². The Kier molecular flexibility index (Phi) is 2.23. The zero-order valence-electron chi connectivity index (χ0n) is 10.2. The molecule has 5 nitrogen and oxygen atoms in total. The van der Waals surface area contributed by atoms with Crippen molar-refractivity contribution in [1.82, 2.24) is 15.5 Å². The number of carbonyl (C=O) groups excluding carboxylic acids is 2. The van der Waals surface area contributed by atoms with Gasteiger partial charge in [-0.15, -0.1) is 0 Å². The predicted octanol–water partition coefficient (Wildman–Crippen LogP) is -0.175. The fraction of sp³-hybridized carbons (Fsp3) is 0.833. The third-order valence-electron chi connectivity index (χ3n) is 4.53. The molecule has 0 atom stereocenters. The predicted molar refractivity (Wildman–Crippen MR) is 62.0 cm³/mol. The maximum absolute atomic E-state index is 12.2. The Balaban J connectivity index is 1.64. The van der Waals surface area contributed by atoms with Gasteiger partial charge in [-0.3, -0.25) is 14.9 Å². The van der Waals surface area contributed by atoms with Gasteiger partial charge >= 0.3 is 0 Å². The second-order valence-electron chi connectivity index (χ2n) is 5.79. The number of rotatable bonds is 1. The Morgan fingerprint density at radius 3 is 2.35 bits per heavy atom. The second kappa shape index (κ2) is 3.45. The van der Waals surface area contributed by atoms with Gasteiger partial charge in [-0.1, -0.05) is 6.92 Å². The van der Waals surface area contributed by atoms with E-state index >= 15 is 0 Å². The van der Waals surface area contributed by atoms with E-state index in [4.69, 9.17) is 0 Å². The summed E-state index contributed by atoms with van der Waals surface area (Å²) in [5.41, 5.74) is -0.489. The van der Waals surface area contributed by atoms with Crippen LogP contribution in [0.4, 0.5) is 0 Å². The van der Waals surface area contributed by atoms with E-state index in [9.17, 15) is 9.59 Å².